The van der Waals surface area contributed by atoms with Crippen molar-refractivity contribution in [1.29, 1.82) is 0 Å². The first-order valence-electron chi connectivity index (χ1n) is 6.50. The van der Waals surface area contributed by atoms with Crippen LogP contribution in [-0.2, 0) is 0 Å². The standard InChI is InChI=1S/C15H24FNO/c1-6-15(7-2,17(4)5)14(18)12-9-8-11(3)13(16)10-12/h8-10,14,18H,6-7H2,1-5H3. The van der Waals surface area contributed by atoms with Crippen LogP contribution in [0.15, 0.2) is 18.2 Å². The zero-order valence-corrected chi connectivity index (χ0v) is 12.0. The van der Waals surface area contributed by atoms with E-state index in [0.29, 0.717) is 11.1 Å². The largest absolute Gasteiger partial charge is 0.386 e. The quantitative estimate of drug-likeness (QED) is 0.870. The minimum atomic E-state index is -0.683. The molecule has 1 N–H and O–H groups in total. The summed E-state index contributed by atoms with van der Waals surface area (Å²) < 4.78 is 13.6. The van der Waals surface area contributed by atoms with Gasteiger partial charge in [0.25, 0.3) is 0 Å². The first kappa shape index (κ1) is 15.1. The van der Waals surface area contributed by atoms with Gasteiger partial charge in [-0.1, -0.05) is 26.0 Å². The Morgan fingerprint density at radius 3 is 2.22 bits per heavy atom. The fourth-order valence-corrected chi connectivity index (χ4v) is 2.60. The van der Waals surface area contributed by atoms with Gasteiger partial charge in [0.1, 0.15) is 5.82 Å². The molecule has 0 amide bonds. The molecule has 0 aliphatic rings. The minimum Gasteiger partial charge on any atom is -0.386 e. The summed E-state index contributed by atoms with van der Waals surface area (Å²) in [6, 6.07) is 4.98. The molecule has 2 nitrogen and oxygen atoms in total. The van der Waals surface area contributed by atoms with E-state index in [2.05, 4.69) is 13.8 Å². The molecule has 0 saturated carbocycles. The van der Waals surface area contributed by atoms with E-state index in [1.165, 1.54) is 6.07 Å². The Morgan fingerprint density at radius 1 is 1.28 bits per heavy atom. The zero-order valence-electron chi connectivity index (χ0n) is 12.0. The van der Waals surface area contributed by atoms with Crippen LogP contribution in [0.25, 0.3) is 0 Å². The van der Waals surface area contributed by atoms with Crippen molar-refractivity contribution >= 4 is 0 Å². The summed E-state index contributed by atoms with van der Waals surface area (Å²) in [7, 11) is 3.92. The normalized spacial score (nSPS) is 14.0. The minimum absolute atomic E-state index is 0.258. The van der Waals surface area contributed by atoms with Gasteiger partial charge in [-0.05, 0) is 51.1 Å². The highest BCUT2D eigenvalue weighted by Gasteiger charge is 2.37. The number of likely N-dealkylation sites (N-methyl/N-ethyl adjacent to an activating group) is 1. The van der Waals surface area contributed by atoms with Gasteiger partial charge in [0, 0.05) is 5.54 Å². The van der Waals surface area contributed by atoms with Crippen molar-refractivity contribution in [3.63, 3.8) is 0 Å². The topological polar surface area (TPSA) is 23.5 Å². The van der Waals surface area contributed by atoms with Crippen LogP contribution in [0.3, 0.4) is 0 Å². The van der Waals surface area contributed by atoms with Crippen molar-refractivity contribution in [1.82, 2.24) is 4.90 Å². The van der Waals surface area contributed by atoms with Crippen molar-refractivity contribution < 1.29 is 9.50 Å². The molecule has 0 bridgehead atoms. The monoisotopic (exact) mass is 253 g/mol. The zero-order chi connectivity index (χ0) is 13.9. The van der Waals surface area contributed by atoms with Crippen LogP contribution in [0.4, 0.5) is 4.39 Å². The second kappa shape index (κ2) is 5.81. The lowest BCUT2D eigenvalue weighted by Crippen LogP contribution is -2.48. The van der Waals surface area contributed by atoms with Crippen LogP contribution in [0.1, 0.15) is 43.9 Å². The summed E-state index contributed by atoms with van der Waals surface area (Å²) in [4.78, 5) is 2.04. The van der Waals surface area contributed by atoms with Crippen molar-refractivity contribution in [2.75, 3.05) is 14.1 Å². The average Bonchev–Trinajstić information content (AvgIpc) is 2.34. The number of aryl methyl sites for hydroxylation is 1. The van der Waals surface area contributed by atoms with Crippen LogP contribution in [0, 0.1) is 12.7 Å². The number of aliphatic hydroxyl groups is 1. The van der Waals surface area contributed by atoms with Crippen LogP contribution in [0.2, 0.25) is 0 Å². The Bertz CT molecular complexity index is 399. The van der Waals surface area contributed by atoms with E-state index in [9.17, 15) is 9.50 Å². The summed E-state index contributed by atoms with van der Waals surface area (Å²) in [5, 5.41) is 10.6. The molecule has 18 heavy (non-hydrogen) atoms. The second-order valence-corrected chi connectivity index (χ2v) is 5.12. The molecule has 1 unspecified atom stereocenters. The number of aliphatic hydroxyl groups excluding tert-OH is 1. The molecule has 0 saturated heterocycles. The molecule has 1 atom stereocenters. The van der Waals surface area contributed by atoms with E-state index < -0.39 is 6.10 Å². The SMILES string of the molecule is CCC(CC)(C(O)c1ccc(C)c(F)c1)N(C)C. The maximum absolute atomic E-state index is 13.6. The third-order valence-electron chi connectivity index (χ3n) is 4.14. The van der Waals surface area contributed by atoms with Crippen molar-refractivity contribution in [2.24, 2.45) is 0 Å². The van der Waals surface area contributed by atoms with Gasteiger partial charge in [0.05, 0.1) is 6.10 Å². The molecule has 0 heterocycles. The van der Waals surface area contributed by atoms with Gasteiger partial charge in [-0.25, -0.2) is 4.39 Å². The van der Waals surface area contributed by atoms with Crippen LogP contribution < -0.4 is 0 Å². The summed E-state index contributed by atoms with van der Waals surface area (Å²) in [6.45, 7) is 5.83. The Kier molecular flexibility index (Phi) is 4.88. The molecule has 1 rings (SSSR count). The van der Waals surface area contributed by atoms with Gasteiger partial charge >= 0.3 is 0 Å². The molecular weight excluding hydrogens is 229 g/mol. The Balaban J connectivity index is 3.17. The number of rotatable bonds is 5. The Hall–Kier alpha value is -0.930. The summed E-state index contributed by atoms with van der Waals surface area (Å²) in [6.07, 6.45) is 0.943. The summed E-state index contributed by atoms with van der Waals surface area (Å²) >= 11 is 0. The van der Waals surface area contributed by atoms with Gasteiger partial charge in [0.15, 0.2) is 0 Å². The van der Waals surface area contributed by atoms with E-state index in [4.69, 9.17) is 0 Å². The molecule has 0 radical (unpaired) electrons. The molecule has 0 aliphatic carbocycles. The van der Waals surface area contributed by atoms with Gasteiger partial charge in [-0.3, -0.25) is 0 Å². The molecule has 0 fully saturated rings. The van der Waals surface area contributed by atoms with E-state index in [-0.39, 0.29) is 11.4 Å². The fourth-order valence-electron chi connectivity index (χ4n) is 2.60. The highest BCUT2D eigenvalue weighted by molar-refractivity contribution is 5.27. The molecule has 0 aromatic heterocycles. The van der Waals surface area contributed by atoms with Crippen molar-refractivity contribution in [3.05, 3.63) is 35.1 Å². The highest BCUT2D eigenvalue weighted by atomic mass is 19.1. The first-order valence-corrected chi connectivity index (χ1v) is 6.50. The lowest BCUT2D eigenvalue weighted by atomic mass is 9.81. The van der Waals surface area contributed by atoms with E-state index in [1.54, 1.807) is 13.0 Å². The molecule has 0 spiro atoms. The van der Waals surface area contributed by atoms with Gasteiger partial charge in [-0.15, -0.1) is 0 Å². The number of benzene rings is 1. The third kappa shape index (κ3) is 2.57. The van der Waals surface area contributed by atoms with Crippen LogP contribution >= 0.6 is 0 Å². The van der Waals surface area contributed by atoms with E-state index >= 15 is 0 Å². The van der Waals surface area contributed by atoms with E-state index in [0.717, 1.165) is 12.8 Å². The van der Waals surface area contributed by atoms with Crippen LogP contribution in [-0.4, -0.2) is 29.6 Å². The maximum atomic E-state index is 13.6. The van der Waals surface area contributed by atoms with Gasteiger partial charge < -0.3 is 10.0 Å². The molecule has 1 aromatic carbocycles. The Morgan fingerprint density at radius 2 is 1.83 bits per heavy atom. The first-order chi connectivity index (χ1) is 8.39. The molecule has 1 aromatic rings. The predicted octanol–water partition coefficient (Wildman–Crippen LogP) is 3.29. The van der Waals surface area contributed by atoms with E-state index in [1.807, 2.05) is 25.1 Å². The highest BCUT2D eigenvalue weighted by Crippen LogP contribution is 2.36. The number of nitrogens with zero attached hydrogens (tertiary/aromatic N) is 1. The summed E-state index contributed by atoms with van der Waals surface area (Å²) in [5.74, 6) is -0.258. The number of hydrogen-bond donors (Lipinski definition) is 1. The number of halogens is 1. The lowest BCUT2D eigenvalue weighted by molar-refractivity contribution is -0.0151. The predicted molar refractivity (Wildman–Crippen MR) is 73.1 cm³/mol. The van der Waals surface area contributed by atoms with Crippen molar-refractivity contribution in [3.8, 4) is 0 Å². The molecular formula is C15H24FNO. The maximum Gasteiger partial charge on any atom is 0.126 e. The second-order valence-electron chi connectivity index (χ2n) is 5.12. The number of hydrogen-bond acceptors (Lipinski definition) is 2. The molecule has 3 heteroatoms. The summed E-state index contributed by atoms with van der Waals surface area (Å²) in [5.41, 5.74) is 0.909. The smallest absolute Gasteiger partial charge is 0.126 e. The van der Waals surface area contributed by atoms with Crippen molar-refractivity contribution in [2.45, 2.75) is 45.3 Å². The lowest BCUT2D eigenvalue weighted by Gasteiger charge is -2.42. The average molecular weight is 253 g/mol. The van der Waals surface area contributed by atoms with Crippen LogP contribution in [0.5, 0.6) is 0 Å². The fraction of sp³-hybridized carbons (Fsp3) is 0.600. The molecule has 0 aliphatic heterocycles. The van der Waals surface area contributed by atoms with Gasteiger partial charge in [0.2, 0.25) is 0 Å². The Labute approximate surface area is 109 Å². The third-order valence-corrected chi connectivity index (χ3v) is 4.14. The van der Waals surface area contributed by atoms with Gasteiger partial charge in [-0.2, -0.15) is 0 Å². The molecule has 102 valence electrons.